The molecule has 2 rings (SSSR count). The van der Waals surface area contributed by atoms with E-state index in [0.29, 0.717) is 11.3 Å². The highest BCUT2D eigenvalue weighted by Gasteiger charge is 2.16. The molecule has 5 heteroatoms. The Hall–Kier alpha value is -1.33. The van der Waals surface area contributed by atoms with Gasteiger partial charge in [-0.1, -0.05) is 15.9 Å². The summed E-state index contributed by atoms with van der Waals surface area (Å²) in [6.45, 7) is 6.13. The summed E-state index contributed by atoms with van der Waals surface area (Å²) >= 11 is 5.10. The molecule has 1 atom stereocenters. The topological polar surface area (TPSA) is 55.1 Å². The van der Waals surface area contributed by atoms with Crippen LogP contribution in [0.5, 0.6) is 0 Å². The Balaban J connectivity index is 2.19. The van der Waals surface area contributed by atoms with E-state index in [4.69, 9.17) is 5.73 Å². The van der Waals surface area contributed by atoms with Crippen molar-refractivity contribution in [1.29, 1.82) is 0 Å². The first kappa shape index (κ1) is 15.1. The molecule has 20 heavy (non-hydrogen) atoms. The van der Waals surface area contributed by atoms with Crippen LogP contribution in [-0.2, 0) is 0 Å². The molecule has 0 bridgehead atoms. The van der Waals surface area contributed by atoms with E-state index in [1.54, 1.807) is 23.5 Å². The fraction of sp³-hybridized carbons (Fsp3) is 0.267. The van der Waals surface area contributed by atoms with Crippen LogP contribution in [0.4, 0.5) is 5.69 Å². The molecule has 0 saturated heterocycles. The molecule has 3 nitrogen and oxygen atoms in total. The lowest BCUT2D eigenvalue weighted by atomic mass is 10.1. The summed E-state index contributed by atoms with van der Waals surface area (Å²) in [4.78, 5) is 14.8. The van der Waals surface area contributed by atoms with Gasteiger partial charge in [-0.15, -0.1) is 11.3 Å². The number of halogens is 1. The van der Waals surface area contributed by atoms with Crippen LogP contribution < -0.4 is 11.1 Å². The average molecular weight is 353 g/mol. The van der Waals surface area contributed by atoms with Gasteiger partial charge >= 0.3 is 0 Å². The van der Waals surface area contributed by atoms with E-state index in [1.165, 1.54) is 9.75 Å². The zero-order valence-electron chi connectivity index (χ0n) is 11.7. The number of anilines is 1. The molecule has 0 radical (unpaired) electrons. The van der Waals surface area contributed by atoms with E-state index in [-0.39, 0.29) is 11.9 Å². The summed E-state index contributed by atoms with van der Waals surface area (Å²) in [5, 5.41) is 3.00. The molecule has 3 N–H and O–H groups in total. The highest BCUT2D eigenvalue weighted by atomic mass is 79.9. The van der Waals surface area contributed by atoms with Crippen LogP contribution in [-0.4, -0.2) is 5.91 Å². The van der Waals surface area contributed by atoms with Crippen molar-refractivity contribution in [2.45, 2.75) is 26.8 Å². The third-order valence-electron chi connectivity index (χ3n) is 3.15. The first-order valence-electron chi connectivity index (χ1n) is 6.31. The molecule has 0 saturated carbocycles. The minimum absolute atomic E-state index is 0.0363. The van der Waals surface area contributed by atoms with Gasteiger partial charge in [0.2, 0.25) is 0 Å². The van der Waals surface area contributed by atoms with Gasteiger partial charge in [-0.25, -0.2) is 0 Å². The Labute approximate surface area is 131 Å². The molecule has 0 aliphatic rings. The van der Waals surface area contributed by atoms with Crippen molar-refractivity contribution < 1.29 is 4.79 Å². The van der Waals surface area contributed by atoms with Crippen LogP contribution in [0, 0.1) is 13.8 Å². The summed E-state index contributed by atoms with van der Waals surface area (Å²) in [6.07, 6.45) is 0. The fourth-order valence-electron chi connectivity index (χ4n) is 2.16. The van der Waals surface area contributed by atoms with Crippen molar-refractivity contribution in [2.24, 2.45) is 0 Å². The third-order valence-corrected chi connectivity index (χ3v) is 4.63. The maximum atomic E-state index is 12.3. The standard InChI is InChI=1S/C15H17BrN2OS/c1-8-6-12(10(3)20-8)9(2)18-15(19)13-7-11(16)4-5-14(13)17/h4-7,9H,17H2,1-3H3,(H,18,19). The number of amides is 1. The smallest absolute Gasteiger partial charge is 0.253 e. The number of nitrogen functional groups attached to an aromatic ring is 1. The van der Waals surface area contributed by atoms with Crippen LogP contribution in [0.2, 0.25) is 0 Å². The normalized spacial score (nSPS) is 12.2. The van der Waals surface area contributed by atoms with Crippen LogP contribution in [0.25, 0.3) is 0 Å². The molecule has 1 aromatic carbocycles. The van der Waals surface area contributed by atoms with Gasteiger partial charge in [0.25, 0.3) is 5.91 Å². The van der Waals surface area contributed by atoms with Gasteiger partial charge < -0.3 is 11.1 Å². The van der Waals surface area contributed by atoms with Gasteiger partial charge in [0.15, 0.2) is 0 Å². The zero-order valence-corrected chi connectivity index (χ0v) is 14.1. The molecule has 1 heterocycles. The van der Waals surface area contributed by atoms with Gasteiger partial charge in [-0.05, 0) is 50.6 Å². The maximum absolute atomic E-state index is 12.3. The molecule has 1 unspecified atom stereocenters. The van der Waals surface area contributed by atoms with Gasteiger partial charge in [-0.3, -0.25) is 4.79 Å². The number of hydrogen-bond acceptors (Lipinski definition) is 3. The molecule has 0 aliphatic carbocycles. The number of benzene rings is 1. The number of thiophene rings is 1. The highest BCUT2D eigenvalue weighted by molar-refractivity contribution is 9.10. The molecule has 2 aromatic rings. The predicted octanol–water partition coefficient (Wildman–Crippen LogP) is 4.20. The SMILES string of the molecule is Cc1cc(C(C)NC(=O)c2cc(Br)ccc2N)c(C)s1. The Kier molecular flexibility index (Phi) is 4.50. The second-order valence-electron chi connectivity index (χ2n) is 4.80. The Morgan fingerprint density at radius 1 is 1.35 bits per heavy atom. The quantitative estimate of drug-likeness (QED) is 0.813. The van der Waals surface area contributed by atoms with Crippen molar-refractivity contribution in [2.75, 3.05) is 5.73 Å². The Morgan fingerprint density at radius 3 is 2.65 bits per heavy atom. The maximum Gasteiger partial charge on any atom is 0.253 e. The largest absolute Gasteiger partial charge is 0.398 e. The number of carbonyl (C=O) groups excluding carboxylic acids is 1. The highest BCUT2D eigenvalue weighted by Crippen LogP contribution is 2.27. The Bertz CT molecular complexity index is 651. The van der Waals surface area contributed by atoms with Gasteiger partial charge in [0.05, 0.1) is 11.6 Å². The lowest BCUT2D eigenvalue weighted by Crippen LogP contribution is -2.27. The van der Waals surface area contributed by atoms with Gasteiger partial charge in [0.1, 0.15) is 0 Å². The van der Waals surface area contributed by atoms with E-state index in [2.05, 4.69) is 41.2 Å². The Morgan fingerprint density at radius 2 is 2.05 bits per heavy atom. The lowest BCUT2D eigenvalue weighted by Gasteiger charge is -2.15. The van der Waals surface area contributed by atoms with Crippen LogP contribution >= 0.6 is 27.3 Å². The molecule has 0 fully saturated rings. The second kappa shape index (κ2) is 5.97. The third kappa shape index (κ3) is 3.22. The zero-order chi connectivity index (χ0) is 14.9. The van der Waals surface area contributed by atoms with Crippen molar-refractivity contribution in [3.63, 3.8) is 0 Å². The van der Waals surface area contributed by atoms with E-state index in [9.17, 15) is 4.79 Å². The van der Waals surface area contributed by atoms with Gasteiger partial charge in [-0.2, -0.15) is 0 Å². The summed E-state index contributed by atoms with van der Waals surface area (Å²) in [5.41, 5.74) is 8.00. The molecule has 0 aliphatic heterocycles. The van der Waals surface area contributed by atoms with Crippen LogP contribution in [0.15, 0.2) is 28.7 Å². The van der Waals surface area contributed by atoms with Crippen molar-refractivity contribution in [1.82, 2.24) is 5.32 Å². The number of nitrogens with one attached hydrogen (secondary N) is 1. The van der Waals surface area contributed by atoms with Crippen molar-refractivity contribution in [3.8, 4) is 0 Å². The second-order valence-corrected chi connectivity index (χ2v) is 7.17. The number of rotatable bonds is 3. The van der Waals surface area contributed by atoms with E-state index in [0.717, 1.165) is 10.0 Å². The molecule has 0 spiro atoms. The van der Waals surface area contributed by atoms with Crippen LogP contribution in [0.1, 0.15) is 38.6 Å². The predicted molar refractivity (Wildman–Crippen MR) is 88.2 cm³/mol. The summed E-state index contributed by atoms with van der Waals surface area (Å²) in [6, 6.07) is 7.37. The lowest BCUT2D eigenvalue weighted by molar-refractivity contribution is 0.0940. The van der Waals surface area contributed by atoms with Crippen molar-refractivity contribution >= 4 is 38.9 Å². The number of nitrogens with two attached hydrogens (primary N) is 1. The summed E-state index contributed by atoms with van der Waals surface area (Å²) in [5.74, 6) is -0.153. The first-order valence-corrected chi connectivity index (χ1v) is 7.92. The number of hydrogen-bond donors (Lipinski definition) is 2. The minimum Gasteiger partial charge on any atom is -0.398 e. The minimum atomic E-state index is -0.153. The molecular formula is C15H17BrN2OS. The van der Waals surface area contributed by atoms with Gasteiger partial charge in [0, 0.05) is 19.9 Å². The summed E-state index contributed by atoms with van der Waals surface area (Å²) < 4.78 is 0.840. The summed E-state index contributed by atoms with van der Waals surface area (Å²) in [7, 11) is 0. The molecule has 106 valence electrons. The average Bonchev–Trinajstić information content (AvgIpc) is 2.71. The monoisotopic (exact) mass is 352 g/mol. The van der Waals surface area contributed by atoms with E-state index < -0.39 is 0 Å². The fourth-order valence-corrected chi connectivity index (χ4v) is 3.54. The molecule has 1 aromatic heterocycles. The van der Waals surface area contributed by atoms with E-state index in [1.807, 2.05) is 13.0 Å². The van der Waals surface area contributed by atoms with E-state index >= 15 is 0 Å². The molecule has 1 amide bonds. The molecular weight excluding hydrogens is 336 g/mol. The number of carbonyl (C=O) groups is 1. The number of aryl methyl sites for hydroxylation is 2. The van der Waals surface area contributed by atoms with Crippen molar-refractivity contribution in [3.05, 3.63) is 49.6 Å². The first-order chi connectivity index (χ1) is 9.38. The van der Waals surface area contributed by atoms with Crippen LogP contribution in [0.3, 0.4) is 0 Å².